The van der Waals surface area contributed by atoms with Crippen molar-refractivity contribution in [2.24, 2.45) is 7.05 Å². The summed E-state index contributed by atoms with van der Waals surface area (Å²) in [5, 5.41) is 13.8. The number of aliphatic hydroxyl groups is 1. The van der Waals surface area contributed by atoms with Gasteiger partial charge in [-0.05, 0) is 32.6 Å². The number of fused-ring (bicyclic) bond motifs is 2. The van der Waals surface area contributed by atoms with Crippen molar-refractivity contribution in [2.75, 3.05) is 5.73 Å². The molecule has 3 heterocycles. The van der Waals surface area contributed by atoms with Crippen molar-refractivity contribution in [3.8, 4) is 0 Å². The van der Waals surface area contributed by atoms with Crippen molar-refractivity contribution < 1.29 is 13.5 Å². The summed E-state index contributed by atoms with van der Waals surface area (Å²) in [7, 11) is -1.97. The number of nitrogen functional groups attached to an aromatic ring is 1. The fourth-order valence-corrected chi connectivity index (χ4v) is 5.73. The lowest BCUT2D eigenvalue weighted by atomic mass is 10.0. The molecule has 7 nitrogen and oxygen atoms in total. The molecule has 0 spiro atoms. The quantitative estimate of drug-likeness (QED) is 0.799. The summed E-state index contributed by atoms with van der Waals surface area (Å²) in [5.74, 6) is 0.0514. The van der Waals surface area contributed by atoms with Crippen LogP contribution in [0.25, 0.3) is 0 Å². The molecule has 0 aliphatic carbocycles. The van der Waals surface area contributed by atoms with E-state index < -0.39 is 16.1 Å². The van der Waals surface area contributed by atoms with Crippen molar-refractivity contribution in [1.29, 1.82) is 0 Å². The first-order valence-electron chi connectivity index (χ1n) is 6.83. The number of nitrogens with zero attached hydrogens (tertiary/aromatic N) is 3. The van der Waals surface area contributed by atoms with Crippen molar-refractivity contribution in [2.45, 2.75) is 55.7 Å². The maximum absolute atomic E-state index is 12.9. The largest absolute Gasteiger partial charge is 0.393 e. The van der Waals surface area contributed by atoms with E-state index in [9.17, 15) is 13.5 Å². The van der Waals surface area contributed by atoms with Crippen molar-refractivity contribution >= 4 is 15.8 Å². The first kappa shape index (κ1) is 13.8. The van der Waals surface area contributed by atoms with Crippen LogP contribution in [0.3, 0.4) is 0 Å². The zero-order chi connectivity index (χ0) is 14.7. The Bertz CT molecular complexity index is 625. The van der Waals surface area contributed by atoms with Gasteiger partial charge in [0, 0.05) is 19.1 Å². The average molecular weight is 300 g/mol. The predicted molar refractivity (Wildman–Crippen MR) is 73.4 cm³/mol. The summed E-state index contributed by atoms with van der Waals surface area (Å²) in [4.78, 5) is 0.119. The van der Waals surface area contributed by atoms with E-state index in [-0.39, 0.29) is 22.8 Å². The van der Waals surface area contributed by atoms with Crippen LogP contribution in [0.5, 0.6) is 0 Å². The molecule has 0 saturated carbocycles. The van der Waals surface area contributed by atoms with Gasteiger partial charge in [0.15, 0.2) is 5.82 Å². The summed E-state index contributed by atoms with van der Waals surface area (Å²) in [5.41, 5.74) is 6.34. The molecule has 0 radical (unpaired) electrons. The number of hydrogen-bond donors (Lipinski definition) is 2. The Labute approximate surface area is 118 Å². The van der Waals surface area contributed by atoms with E-state index in [1.807, 2.05) is 0 Å². The molecule has 3 N–H and O–H groups in total. The number of anilines is 1. The molecule has 2 unspecified atom stereocenters. The maximum Gasteiger partial charge on any atom is 0.249 e. The molecule has 2 atom stereocenters. The van der Waals surface area contributed by atoms with Crippen LogP contribution in [0.2, 0.25) is 0 Å². The minimum absolute atomic E-state index is 0.0514. The van der Waals surface area contributed by atoms with Gasteiger partial charge in [0.2, 0.25) is 10.0 Å². The minimum Gasteiger partial charge on any atom is -0.393 e. The van der Waals surface area contributed by atoms with E-state index in [4.69, 9.17) is 5.73 Å². The lowest BCUT2D eigenvalue weighted by molar-refractivity contribution is 0.0769. The van der Waals surface area contributed by atoms with E-state index in [0.717, 1.165) is 12.8 Å². The Morgan fingerprint density at radius 1 is 1.30 bits per heavy atom. The summed E-state index contributed by atoms with van der Waals surface area (Å²) in [6.45, 7) is 1.71. The molecule has 20 heavy (non-hydrogen) atoms. The molecule has 2 aliphatic rings. The zero-order valence-electron chi connectivity index (χ0n) is 11.7. The number of hydrogen-bond acceptors (Lipinski definition) is 5. The van der Waals surface area contributed by atoms with E-state index in [1.165, 1.54) is 4.68 Å². The summed E-state index contributed by atoms with van der Waals surface area (Å²) in [6.07, 6.45) is 2.23. The number of aryl methyl sites for hydroxylation is 1. The highest BCUT2D eigenvalue weighted by Gasteiger charge is 2.48. The van der Waals surface area contributed by atoms with E-state index in [2.05, 4.69) is 5.10 Å². The lowest BCUT2D eigenvalue weighted by Gasteiger charge is -2.35. The van der Waals surface area contributed by atoms with Crippen LogP contribution in [0.1, 0.15) is 31.4 Å². The Balaban J connectivity index is 2.05. The van der Waals surface area contributed by atoms with Crippen LogP contribution in [0.4, 0.5) is 5.82 Å². The predicted octanol–water partition coefficient (Wildman–Crippen LogP) is -0.0129. The number of piperidine rings is 1. The second kappa shape index (κ2) is 4.44. The van der Waals surface area contributed by atoms with Crippen molar-refractivity contribution in [1.82, 2.24) is 14.1 Å². The van der Waals surface area contributed by atoms with Gasteiger partial charge >= 0.3 is 0 Å². The number of nitrogens with two attached hydrogens (primary N) is 1. The molecule has 0 amide bonds. The summed E-state index contributed by atoms with van der Waals surface area (Å²) >= 11 is 0. The highest BCUT2D eigenvalue weighted by molar-refractivity contribution is 7.89. The molecule has 2 fully saturated rings. The highest BCUT2D eigenvalue weighted by atomic mass is 32.2. The van der Waals surface area contributed by atoms with Gasteiger partial charge in [-0.25, -0.2) is 8.42 Å². The highest BCUT2D eigenvalue weighted by Crippen LogP contribution is 2.41. The van der Waals surface area contributed by atoms with Gasteiger partial charge in [-0.1, -0.05) is 0 Å². The molecule has 1 aromatic heterocycles. The van der Waals surface area contributed by atoms with Crippen LogP contribution in [-0.2, 0) is 17.1 Å². The average Bonchev–Trinajstić information content (AvgIpc) is 2.76. The Morgan fingerprint density at radius 3 is 2.30 bits per heavy atom. The number of rotatable bonds is 2. The normalized spacial score (nSPS) is 30.9. The van der Waals surface area contributed by atoms with Gasteiger partial charge < -0.3 is 10.8 Å². The molecule has 2 bridgehead atoms. The smallest absolute Gasteiger partial charge is 0.249 e. The number of sulfonamides is 1. The molecular formula is C12H20N4O3S. The van der Waals surface area contributed by atoms with Gasteiger partial charge in [0.1, 0.15) is 4.90 Å². The van der Waals surface area contributed by atoms with E-state index in [0.29, 0.717) is 18.5 Å². The lowest BCUT2D eigenvalue weighted by Crippen LogP contribution is -2.48. The second-order valence-electron chi connectivity index (χ2n) is 5.77. The Morgan fingerprint density at radius 2 is 1.85 bits per heavy atom. The molecule has 2 saturated heterocycles. The molecule has 0 aromatic carbocycles. The summed E-state index contributed by atoms with van der Waals surface area (Å²) in [6, 6.07) is -0.236. The number of aromatic nitrogens is 2. The third-order valence-corrected chi connectivity index (χ3v) is 6.65. The van der Waals surface area contributed by atoms with Crippen molar-refractivity contribution in [3.05, 3.63) is 5.69 Å². The molecule has 3 rings (SSSR count). The first-order valence-corrected chi connectivity index (χ1v) is 8.27. The SMILES string of the molecule is Cc1c(S(=O)(=O)N2C3CCC2CC(O)C3)c(N)nn1C. The molecular weight excluding hydrogens is 280 g/mol. The van der Waals surface area contributed by atoms with Crippen LogP contribution >= 0.6 is 0 Å². The molecule has 1 aromatic rings. The second-order valence-corrected chi connectivity index (χ2v) is 7.55. The zero-order valence-corrected chi connectivity index (χ0v) is 12.5. The third-order valence-electron chi connectivity index (χ3n) is 4.48. The van der Waals surface area contributed by atoms with E-state index in [1.54, 1.807) is 18.3 Å². The van der Waals surface area contributed by atoms with Crippen LogP contribution in [0, 0.1) is 6.92 Å². The first-order chi connectivity index (χ1) is 9.32. The van der Waals surface area contributed by atoms with E-state index >= 15 is 0 Å². The van der Waals surface area contributed by atoms with Crippen LogP contribution in [-0.4, -0.2) is 45.8 Å². The number of aliphatic hydroxyl groups excluding tert-OH is 1. The van der Waals surface area contributed by atoms with Gasteiger partial charge in [0.05, 0.1) is 11.8 Å². The third kappa shape index (κ3) is 1.86. The topological polar surface area (TPSA) is 101 Å². The fraction of sp³-hybridized carbons (Fsp3) is 0.750. The van der Waals surface area contributed by atoms with Crippen LogP contribution < -0.4 is 5.73 Å². The van der Waals surface area contributed by atoms with Crippen molar-refractivity contribution in [3.63, 3.8) is 0 Å². The van der Waals surface area contributed by atoms with Crippen LogP contribution in [0.15, 0.2) is 4.90 Å². The maximum atomic E-state index is 12.9. The van der Waals surface area contributed by atoms with Gasteiger partial charge in [-0.2, -0.15) is 9.40 Å². The molecule has 2 aliphatic heterocycles. The molecule has 8 heteroatoms. The minimum atomic E-state index is -3.65. The van der Waals surface area contributed by atoms with Gasteiger partial charge in [0.25, 0.3) is 0 Å². The van der Waals surface area contributed by atoms with Gasteiger partial charge in [-0.15, -0.1) is 0 Å². The Hall–Kier alpha value is -1.12. The molecule has 112 valence electrons. The van der Waals surface area contributed by atoms with Gasteiger partial charge in [-0.3, -0.25) is 4.68 Å². The summed E-state index contributed by atoms with van der Waals surface area (Å²) < 4.78 is 28.9. The monoisotopic (exact) mass is 300 g/mol. The standard InChI is InChI=1S/C12H20N4O3S/c1-7-11(12(13)14-15(7)2)20(18,19)16-8-3-4-9(16)6-10(17)5-8/h8-10,17H,3-6H2,1-2H3,(H2,13,14). The fourth-order valence-electron chi connectivity index (χ4n) is 3.54. The Kier molecular flexibility index (Phi) is 3.07.